The number of carbonyl (C=O) groups excluding carboxylic acids is 1. The highest BCUT2D eigenvalue weighted by Crippen LogP contribution is 2.16. The lowest BCUT2D eigenvalue weighted by atomic mass is 10.0. The van der Waals surface area contributed by atoms with Crippen LogP contribution < -0.4 is 16.4 Å². The molecule has 7 nitrogen and oxygen atoms in total. The lowest BCUT2D eigenvalue weighted by Crippen LogP contribution is -2.32. The maximum atomic E-state index is 11.7. The summed E-state index contributed by atoms with van der Waals surface area (Å²) in [4.78, 5) is 19.8. The number of hydrogen-bond acceptors (Lipinski definition) is 7. The van der Waals surface area contributed by atoms with Crippen LogP contribution in [-0.4, -0.2) is 36.1 Å². The zero-order chi connectivity index (χ0) is 14.4. The van der Waals surface area contributed by atoms with Crippen LogP contribution in [0.1, 0.15) is 20.3 Å². The summed E-state index contributed by atoms with van der Waals surface area (Å²) >= 11 is 0. The van der Waals surface area contributed by atoms with Gasteiger partial charge in [-0.15, -0.1) is 0 Å². The van der Waals surface area contributed by atoms with E-state index in [0.717, 1.165) is 0 Å². The van der Waals surface area contributed by atoms with E-state index in [2.05, 4.69) is 20.6 Å². The maximum absolute atomic E-state index is 11.7. The first kappa shape index (κ1) is 15.0. The first-order valence-corrected chi connectivity index (χ1v) is 6.13. The quantitative estimate of drug-likeness (QED) is 0.663. The molecular weight excluding hydrogens is 246 g/mol. The molecule has 1 atom stereocenters. The molecule has 1 aromatic rings. The molecule has 1 heterocycles. The summed E-state index contributed by atoms with van der Waals surface area (Å²) < 4.78 is 4.78. The number of nitrogens with two attached hydrogens (primary N) is 1. The molecule has 19 heavy (non-hydrogen) atoms. The minimum absolute atomic E-state index is 0.141. The number of rotatable bonds is 6. The van der Waals surface area contributed by atoms with E-state index in [9.17, 15) is 4.79 Å². The summed E-state index contributed by atoms with van der Waals surface area (Å²) in [5.74, 6) is 1.25. The molecule has 0 radical (unpaired) electrons. The standard InChI is InChI=1S/C12H21N5O2/c1-7(2)5-8(11(18)19-4)15-10-6-9(14-3)16-12(13)17-10/h6-8H,5H2,1-4H3,(H4,13,14,15,16,17). The van der Waals surface area contributed by atoms with Gasteiger partial charge in [0.2, 0.25) is 5.95 Å². The maximum Gasteiger partial charge on any atom is 0.328 e. The predicted octanol–water partition coefficient (Wildman–Crippen LogP) is 1.10. The van der Waals surface area contributed by atoms with Crippen molar-refractivity contribution in [1.29, 1.82) is 0 Å². The lowest BCUT2D eigenvalue weighted by molar-refractivity contribution is -0.141. The lowest BCUT2D eigenvalue weighted by Gasteiger charge is -2.19. The van der Waals surface area contributed by atoms with Gasteiger partial charge in [-0.05, 0) is 12.3 Å². The minimum Gasteiger partial charge on any atom is -0.467 e. The van der Waals surface area contributed by atoms with Crippen molar-refractivity contribution >= 4 is 23.6 Å². The van der Waals surface area contributed by atoms with Crippen molar-refractivity contribution in [3.05, 3.63) is 6.07 Å². The number of anilines is 3. The van der Waals surface area contributed by atoms with Crippen LogP contribution in [0.2, 0.25) is 0 Å². The number of nitrogens with one attached hydrogen (secondary N) is 2. The largest absolute Gasteiger partial charge is 0.467 e. The second-order valence-corrected chi connectivity index (χ2v) is 4.60. The minimum atomic E-state index is -0.455. The highest BCUT2D eigenvalue weighted by molar-refractivity contribution is 5.79. The van der Waals surface area contributed by atoms with Crippen LogP contribution >= 0.6 is 0 Å². The molecule has 0 fully saturated rings. The van der Waals surface area contributed by atoms with Gasteiger partial charge >= 0.3 is 5.97 Å². The molecule has 1 aromatic heterocycles. The average Bonchev–Trinajstić information content (AvgIpc) is 2.35. The molecular formula is C12H21N5O2. The van der Waals surface area contributed by atoms with E-state index < -0.39 is 6.04 Å². The summed E-state index contributed by atoms with van der Waals surface area (Å²) in [6.45, 7) is 4.07. The molecule has 0 aliphatic carbocycles. The zero-order valence-electron chi connectivity index (χ0n) is 11.7. The van der Waals surface area contributed by atoms with Gasteiger partial charge in [0.1, 0.15) is 17.7 Å². The topological polar surface area (TPSA) is 102 Å². The van der Waals surface area contributed by atoms with Gasteiger partial charge in [-0.25, -0.2) is 4.79 Å². The number of ether oxygens (including phenoxy) is 1. The predicted molar refractivity (Wildman–Crippen MR) is 74.9 cm³/mol. The van der Waals surface area contributed by atoms with E-state index >= 15 is 0 Å². The Morgan fingerprint density at radius 3 is 2.58 bits per heavy atom. The number of carbonyl (C=O) groups is 1. The molecule has 0 aromatic carbocycles. The molecule has 4 N–H and O–H groups in total. The van der Waals surface area contributed by atoms with Gasteiger partial charge < -0.3 is 21.1 Å². The highest BCUT2D eigenvalue weighted by atomic mass is 16.5. The summed E-state index contributed by atoms with van der Waals surface area (Å²) in [7, 11) is 3.10. The van der Waals surface area contributed by atoms with Crippen molar-refractivity contribution in [3.8, 4) is 0 Å². The van der Waals surface area contributed by atoms with Crippen molar-refractivity contribution in [3.63, 3.8) is 0 Å². The Kier molecular flexibility index (Phi) is 5.35. The molecule has 0 amide bonds. The Morgan fingerprint density at radius 2 is 2.05 bits per heavy atom. The molecule has 0 saturated carbocycles. The summed E-state index contributed by atoms with van der Waals surface area (Å²) in [5, 5.41) is 5.91. The number of esters is 1. The van der Waals surface area contributed by atoms with Crippen LogP contribution in [0, 0.1) is 5.92 Å². The van der Waals surface area contributed by atoms with Gasteiger partial charge in [0, 0.05) is 13.1 Å². The van der Waals surface area contributed by atoms with Gasteiger partial charge in [-0.3, -0.25) is 0 Å². The second kappa shape index (κ2) is 6.77. The van der Waals surface area contributed by atoms with Gasteiger partial charge in [0.15, 0.2) is 0 Å². The summed E-state index contributed by atoms with van der Waals surface area (Å²) in [5.41, 5.74) is 5.60. The van der Waals surface area contributed by atoms with Crippen molar-refractivity contribution in [2.24, 2.45) is 5.92 Å². The summed E-state index contributed by atoms with van der Waals surface area (Å²) in [6.07, 6.45) is 0.644. The van der Waals surface area contributed by atoms with Crippen LogP contribution in [0.5, 0.6) is 0 Å². The van der Waals surface area contributed by atoms with E-state index in [-0.39, 0.29) is 11.9 Å². The van der Waals surface area contributed by atoms with Crippen LogP contribution in [0.15, 0.2) is 6.07 Å². The Bertz CT molecular complexity index is 436. The number of hydrogen-bond donors (Lipinski definition) is 3. The fraction of sp³-hybridized carbons (Fsp3) is 0.583. The third-order valence-corrected chi connectivity index (χ3v) is 2.51. The third kappa shape index (κ3) is 4.61. The van der Waals surface area contributed by atoms with Gasteiger partial charge in [0.25, 0.3) is 0 Å². The number of methoxy groups -OCH3 is 1. The number of nitrogens with zero attached hydrogens (tertiary/aromatic N) is 2. The van der Waals surface area contributed by atoms with Crippen LogP contribution in [0.4, 0.5) is 17.6 Å². The monoisotopic (exact) mass is 267 g/mol. The van der Waals surface area contributed by atoms with Gasteiger partial charge in [0.05, 0.1) is 7.11 Å². The smallest absolute Gasteiger partial charge is 0.328 e. The Labute approximate surface area is 113 Å². The SMILES string of the molecule is CNc1cc(NC(CC(C)C)C(=O)OC)nc(N)n1. The van der Waals surface area contributed by atoms with E-state index in [1.54, 1.807) is 13.1 Å². The van der Waals surface area contributed by atoms with E-state index in [0.29, 0.717) is 24.0 Å². The van der Waals surface area contributed by atoms with E-state index in [4.69, 9.17) is 10.5 Å². The van der Waals surface area contributed by atoms with Crippen molar-refractivity contribution in [2.75, 3.05) is 30.5 Å². The molecule has 0 aliphatic heterocycles. The van der Waals surface area contributed by atoms with Crippen molar-refractivity contribution in [2.45, 2.75) is 26.3 Å². The molecule has 0 bridgehead atoms. The fourth-order valence-electron chi connectivity index (χ4n) is 1.67. The Balaban J connectivity index is 2.89. The normalized spacial score (nSPS) is 12.1. The highest BCUT2D eigenvalue weighted by Gasteiger charge is 2.21. The third-order valence-electron chi connectivity index (χ3n) is 2.51. The molecule has 0 spiro atoms. The van der Waals surface area contributed by atoms with Crippen LogP contribution in [-0.2, 0) is 9.53 Å². The van der Waals surface area contributed by atoms with E-state index in [1.165, 1.54) is 7.11 Å². The molecule has 106 valence electrons. The van der Waals surface area contributed by atoms with E-state index in [1.807, 2.05) is 13.8 Å². The fourth-order valence-corrected chi connectivity index (χ4v) is 1.67. The van der Waals surface area contributed by atoms with Gasteiger partial charge in [-0.1, -0.05) is 13.8 Å². The first-order valence-electron chi connectivity index (χ1n) is 6.13. The second-order valence-electron chi connectivity index (χ2n) is 4.60. The van der Waals surface area contributed by atoms with Crippen molar-refractivity contribution < 1.29 is 9.53 Å². The van der Waals surface area contributed by atoms with Crippen molar-refractivity contribution in [1.82, 2.24) is 9.97 Å². The number of nitrogen functional groups attached to an aromatic ring is 1. The Morgan fingerprint density at radius 1 is 1.42 bits per heavy atom. The average molecular weight is 267 g/mol. The molecule has 7 heteroatoms. The molecule has 0 aliphatic rings. The molecule has 1 unspecified atom stereocenters. The first-order chi connectivity index (χ1) is 8.96. The van der Waals surface area contributed by atoms with Gasteiger partial charge in [-0.2, -0.15) is 9.97 Å². The zero-order valence-corrected chi connectivity index (χ0v) is 11.7. The summed E-state index contributed by atoms with van der Waals surface area (Å²) in [6, 6.07) is 1.23. The molecule has 1 rings (SSSR count). The Hall–Kier alpha value is -2.05. The molecule has 0 saturated heterocycles. The number of aromatic nitrogens is 2. The van der Waals surface area contributed by atoms with Crippen LogP contribution in [0.25, 0.3) is 0 Å². The van der Waals surface area contributed by atoms with Crippen LogP contribution in [0.3, 0.4) is 0 Å².